The summed E-state index contributed by atoms with van der Waals surface area (Å²) in [5.41, 5.74) is 2.31. The van der Waals surface area contributed by atoms with E-state index < -0.39 is 6.17 Å². The predicted molar refractivity (Wildman–Crippen MR) is 114 cm³/mol. The van der Waals surface area contributed by atoms with E-state index in [2.05, 4.69) is 10.1 Å². The number of para-hydroxylation sites is 1. The minimum atomic E-state index is -0.686. The fourth-order valence-corrected chi connectivity index (χ4v) is 4.33. The molecule has 31 heavy (non-hydrogen) atoms. The molecular weight excluding hydrogens is 416 g/mol. The summed E-state index contributed by atoms with van der Waals surface area (Å²) in [7, 11) is 3.11. The second-order valence-corrected chi connectivity index (χ2v) is 8.05. The molecule has 4 rings (SSSR count). The van der Waals surface area contributed by atoms with Crippen LogP contribution >= 0.6 is 11.8 Å². The first-order valence-corrected chi connectivity index (χ1v) is 10.7. The zero-order valence-corrected chi connectivity index (χ0v) is 18.5. The molecule has 9 heteroatoms. The molecule has 1 atom stereocenters. The van der Waals surface area contributed by atoms with Crippen molar-refractivity contribution in [3.8, 4) is 28.6 Å². The lowest BCUT2D eigenvalue weighted by Gasteiger charge is -2.33. The lowest BCUT2D eigenvalue weighted by Crippen LogP contribution is -2.58. The van der Waals surface area contributed by atoms with E-state index in [0.717, 1.165) is 5.56 Å². The summed E-state index contributed by atoms with van der Waals surface area (Å²) >= 11 is 1.37. The van der Waals surface area contributed by atoms with Gasteiger partial charge in [0.05, 0.1) is 31.4 Å². The smallest absolute Gasteiger partial charge is 0.293 e. The number of carbonyl (C=O) groups excluding carboxylic acids is 1. The van der Waals surface area contributed by atoms with Crippen LogP contribution in [0.2, 0.25) is 0 Å². The normalized spacial score (nSPS) is 14.6. The lowest BCUT2D eigenvalue weighted by molar-refractivity contribution is -0.764. The van der Waals surface area contributed by atoms with Crippen LogP contribution in [0.4, 0.5) is 5.69 Å². The highest BCUT2D eigenvalue weighted by Crippen LogP contribution is 2.42. The van der Waals surface area contributed by atoms with Crippen molar-refractivity contribution in [2.24, 2.45) is 0 Å². The first-order chi connectivity index (χ1) is 15.0. The van der Waals surface area contributed by atoms with Gasteiger partial charge < -0.3 is 14.6 Å². The highest BCUT2D eigenvalue weighted by Gasteiger charge is 2.44. The fraction of sp³-hybridized carbons (Fsp3) is 0.273. The van der Waals surface area contributed by atoms with Crippen LogP contribution in [0.5, 0.6) is 17.4 Å². The summed E-state index contributed by atoms with van der Waals surface area (Å²) in [6, 6.07) is 12.7. The topological polar surface area (TPSA) is 91.5 Å². The highest BCUT2D eigenvalue weighted by molar-refractivity contribution is 7.99. The number of ether oxygens (including phenoxy) is 2. The van der Waals surface area contributed by atoms with Crippen molar-refractivity contribution in [2.45, 2.75) is 25.2 Å². The number of rotatable bonds is 5. The van der Waals surface area contributed by atoms with E-state index in [-0.39, 0.29) is 11.8 Å². The van der Waals surface area contributed by atoms with Gasteiger partial charge in [0, 0.05) is 17.6 Å². The van der Waals surface area contributed by atoms with Crippen molar-refractivity contribution in [1.29, 1.82) is 0 Å². The third-order valence-corrected chi connectivity index (χ3v) is 5.76. The molecule has 1 aliphatic rings. The first-order valence-electron chi connectivity index (χ1n) is 9.74. The second kappa shape index (κ2) is 8.43. The summed E-state index contributed by atoms with van der Waals surface area (Å²) in [5, 5.41) is 18.1. The Labute approximate surface area is 184 Å². The Hall–Kier alpha value is -3.33. The van der Waals surface area contributed by atoms with Gasteiger partial charge in [0.15, 0.2) is 11.5 Å². The predicted octanol–water partition coefficient (Wildman–Crippen LogP) is 2.55. The summed E-state index contributed by atoms with van der Waals surface area (Å²) in [5.74, 6) is 1.24. The monoisotopic (exact) mass is 438 g/mol. The van der Waals surface area contributed by atoms with Gasteiger partial charge in [-0.05, 0) is 36.1 Å². The number of nitrogens with zero attached hydrogens (tertiary/aromatic N) is 4. The molecule has 0 saturated carbocycles. The number of aromatic nitrogens is 3. The van der Waals surface area contributed by atoms with Gasteiger partial charge in [-0.1, -0.05) is 35.5 Å². The third kappa shape index (κ3) is 3.54. The maximum absolute atomic E-state index is 13.1. The molecule has 3 aromatic rings. The molecule has 1 unspecified atom stereocenters. The van der Waals surface area contributed by atoms with E-state index >= 15 is 0 Å². The van der Waals surface area contributed by atoms with Gasteiger partial charge in [-0.25, -0.2) is 9.88 Å². The number of amides is 1. The van der Waals surface area contributed by atoms with Crippen LogP contribution in [0.3, 0.4) is 0 Å². The molecule has 1 amide bonds. The first kappa shape index (κ1) is 20.9. The Morgan fingerprint density at radius 1 is 1.19 bits per heavy atom. The van der Waals surface area contributed by atoms with Gasteiger partial charge in [0.2, 0.25) is 5.91 Å². The second-order valence-electron chi connectivity index (χ2n) is 6.82. The Morgan fingerprint density at radius 3 is 2.61 bits per heavy atom. The van der Waals surface area contributed by atoms with E-state index in [1.807, 2.05) is 31.2 Å². The number of fused-ring (bicyclic) bond motifs is 3. The Kier molecular flexibility index (Phi) is 5.69. The number of methoxy groups -OCH3 is 2. The van der Waals surface area contributed by atoms with Gasteiger partial charge in [-0.2, -0.15) is 0 Å². The Bertz CT molecular complexity index is 1150. The largest absolute Gasteiger partial charge is 0.854 e. The zero-order chi connectivity index (χ0) is 22.1. The molecule has 8 nitrogen and oxygen atoms in total. The summed E-state index contributed by atoms with van der Waals surface area (Å²) < 4.78 is 12.4. The SMILES string of the molecule is CCSc1nc([O-])c2[n+](n1)C(c1ccc(OC)c(OC)c1)N(C(C)=O)c1ccccc1-2. The number of carbonyl (C=O) groups is 1. The maximum Gasteiger partial charge on any atom is 0.293 e. The van der Waals surface area contributed by atoms with E-state index in [9.17, 15) is 9.90 Å². The van der Waals surface area contributed by atoms with E-state index in [4.69, 9.17) is 9.47 Å². The molecule has 0 radical (unpaired) electrons. The molecule has 0 N–H and O–H groups in total. The van der Waals surface area contributed by atoms with Gasteiger partial charge in [-0.3, -0.25) is 4.79 Å². The number of hydrogen-bond acceptors (Lipinski definition) is 7. The number of thioether (sulfide) groups is 1. The van der Waals surface area contributed by atoms with Crippen molar-refractivity contribution >= 4 is 23.4 Å². The third-order valence-electron chi connectivity index (χ3n) is 5.04. The quantitative estimate of drug-likeness (QED) is 0.447. The van der Waals surface area contributed by atoms with E-state index in [0.29, 0.717) is 39.4 Å². The summed E-state index contributed by atoms with van der Waals surface area (Å²) in [4.78, 5) is 18.7. The van der Waals surface area contributed by atoms with Crippen LogP contribution in [0.15, 0.2) is 47.6 Å². The van der Waals surface area contributed by atoms with Gasteiger partial charge in [-0.15, -0.1) is 0 Å². The lowest BCUT2D eigenvalue weighted by atomic mass is 10.0. The van der Waals surface area contributed by atoms with Gasteiger partial charge >= 0.3 is 0 Å². The van der Waals surface area contributed by atoms with Crippen LogP contribution < -0.4 is 24.2 Å². The number of hydrogen-bond donors (Lipinski definition) is 0. The van der Waals surface area contributed by atoms with Crippen LogP contribution in [0.25, 0.3) is 11.3 Å². The van der Waals surface area contributed by atoms with Crippen molar-refractivity contribution < 1.29 is 24.1 Å². The van der Waals surface area contributed by atoms with E-state index in [1.54, 1.807) is 42.0 Å². The van der Waals surface area contributed by atoms with Crippen LogP contribution in [0.1, 0.15) is 25.6 Å². The minimum absolute atomic E-state index is 0.179. The molecule has 1 aromatic heterocycles. The standard InChI is InChI=1S/C22H22N4O4S/c1-5-31-22-23-20(28)19-15-8-6-7-9-16(15)25(13(2)27)21(26(19)24-22)14-10-11-17(29-3)18(12-14)30-4/h6-12,21H,5H2,1-4H3. The maximum atomic E-state index is 13.1. The molecule has 2 heterocycles. The van der Waals surface area contributed by atoms with E-state index in [1.165, 1.54) is 18.7 Å². The van der Waals surface area contributed by atoms with Crippen LogP contribution in [0, 0.1) is 0 Å². The minimum Gasteiger partial charge on any atom is -0.854 e. The van der Waals surface area contributed by atoms with Crippen molar-refractivity contribution in [3.63, 3.8) is 0 Å². The molecule has 2 aromatic carbocycles. The van der Waals surface area contributed by atoms with Crippen molar-refractivity contribution in [1.82, 2.24) is 10.1 Å². The Balaban J connectivity index is 2.03. The molecule has 0 fully saturated rings. The number of anilines is 1. The average Bonchev–Trinajstić information content (AvgIpc) is 2.77. The van der Waals surface area contributed by atoms with Crippen molar-refractivity contribution in [3.05, 3.63) is 48.0 Å². The zero-order valence-electron chi connectivity index (χ0n) is 17.7. The molecule has 1 aliphatic heterocycles. The highest BCUT2D eigenvalue weighted by atomic mass is 32.2. The van der Waals surface area contributed by atoms with Gasteiger partial charge in [0.25, 0.3) is 17.0 Å². The Morgan fingerprint density at radius 2 is 1.94 bits per heavy atom. The van der Waals surface area contributed by atoms with Crippen molar-refractivity contribution in [2.75, 3.05) is 24.9 Å². The number of benzene rings is 2. The molecule has 0 bridgehead atoms. The molecule has 0 spiro atoms. The summed E-state index contributed by atoms with van der Waals surface area (Å²) in [6.45, 7) is 3.46. The average molecular weight is 439 g/mol. The molecular formula is C22H22N4O4S. The van der Waals surface area contributed by atoms with Crippen LogP contribution in [-0.2, 0) is 4.79 Å². The summed E-state index contributed by atoms with van der Waals surface area (Å²) in [6.07, 6.45) is -0.686. The molecule has 0 aliphatic carbocycles. The van der Waals surface area contributed by atoms with Gasteiger partial charge in [0.1, 0.15) is 0 Å². The fourth-order valence-electron chi connectivity index (χ4n) is 3.78. The molecule has 160 valence electrons. The molecule has 0 saturated heterocycles. The van der Waals surface area contributed by atoms with Crippen LogP contribution in [-0.4, -0.2) is 36.0 Å².